The molecule has 0 N–H and O–H groups in total. The largest absolute Gasteiger partial charge is 0.497 e. The minimum atomic E-state index is -2.00. The van der Waals surface area contributed by atoms with Crippen LogP contribution in [0.15, 0.2) is 84.9 Å². The molecule has 8 heteroatoms. The van der Waals surface area contributed by atoms with Gasteiger partial charge in [0.15, 0.2) is 11.2 Å². The fraction of sp³-hybridized carbons (Fsp3) is 0.294. The SMILES string of the molecule is COC(=O)CC1CC(C(=O)OC)(C(=O)OC)C(c2ccccc2)C1(C#Cc1ccc(OC)cc1)C(=O)c1ccccc1. The van der Waals surface area contributed by atoms with Crippen molar-refractivity contribution in [1.82, 2.24) is 0 Å². The number of methoxy groups -OCH3 is 4. The Balaban J connectivity index is 2.14. The molecule has 0 saturated heterocycles. The molecular weight excluding hydrogens is 536 g/mol. The quantitative estimate of drug-likeness (QED) is 0.128. The van der Waals surface area contributed by atoms with Crippen molar-refractivity contribution in [2.24, 2.45) is 16.7 Å². The molecule has 216 valence electrons. The number of hydrogen-bond donors (Lipinski definition) is 0. The Bertz CT molecular complexity index is 1490. The molecule has 1 aliphatic carbocycles. The highest BCUT2D eigenvalue weighted by atomic mass is 16.5. The topological polar surface area (TPSA) is 105 Å². The van der Waals surface area contributed by atoms with Crippen LogP contribution in [0, 0.1) is 28.6 Å². The van der Waals surface area contributed by atoms with E-state index in [1.165, 1.54) is 21.3 Å². The van der Waals surface area contributed by atoms with Gasteiger partial charge in [0.2, 0.25) is 0 Å². The Morgan fingerprint density at radius 1 is 0.762 bits per heavy atom. The van der Waals surface area contributed by atoms with E-state index in [0.29, 0.717) is 22.4 Å². The maximum atomic E-state index is 14.9. The number of rotatable bonds is 8. The van der Waals surface area contributed by atoms with Crippen molar-refractivity contribution in [1.29, 1.82) is 0 Å². The van der Waals surface area contributed by atoms with Crippen molar-refractivity contribution in [2.75, 3.05) is 28.4 Å². The number of hydrogen-bond acceptors (Lipinski definition) is 8. The highest BCUT2D eigenvalue weighted by Crippen LogP contribution is 2.65. The summed E-state index contributed by atoms with van der Waals surface area (Å²) in [6, 6.07) is 24.2. The van der Waals surface area contributed by atoms with Gasteiger partial charge in [-0.3, -0.25) is 19.2 Å². The average molecular weight is 569 g/mol. The van der Waals surface area contributed by atoms with Crippen LogP contribution in [0.2, 0.25) is 0 Å². The summed E-state index contributed by atoms with van der Waals surface area (Å²) in [6.07, 6.45) is -0.525. The second-order valence-corrected chi connectivity index (χ2v) is 10.0. The van der Waals surface area contributed by atoms with E-state index in [4.69, 9.17) is 18.9 Å². The van der Waals surface area contributed by atoms with Gasteiger partial charge in [-0.25, -0.2) is 0 Å². The molecule has 42 heavy (non-hydrogen) atoms. The third-order valence-corrected chi connectivity index (χ3v) is 7.95. The smallest absolute Gasteiger partial charge is 0.323 e. The molecule has 0 aliphatic heterocycles. The van der Waals surface area contributed by atoms with E-state index in [2.05, 4.69) is 11.8 Å². The lowest BCUT2D eigenvalue weighted by Gasteiger charge is -2.38. The summed E-state index contributed by atoms with van der Waals surface area (Å²) in [6.45, 7) is 0. The summed E-state index contributed by atoms with van der Waals surface area (Å²) in [5.41, 5.74) is -2.40. The van der Waals surface area contributed by atoms with Gasteiger partial charge in [0, 0.05) is 17.0 Å². The van der Waals surface area contributed by atoms with Crippen LogP contribution < -0.4 is 4.74 Å². The summed E-state index contributed by atoms with van der Waals surface area (Å²) < 4.78 is 20.7. The summed E-state index contributed by atoms with van der Waals surface area (Å²) >= 11 is 0. The number of carbonyl (C=O) groups is 4. The molecule has 8 nitrogen and oxygen atoms in total. The summed E-state index contributed by atoms with van der Waals surface area (Å²) in [5, 5.41) is 0. The molecule has 3 aromatic rings. The lowest BCUT2D eigenvalue weighted by molar-refractivity contribution is -0.170. The van der Waals surface area contributed by atoms with Crippen LogP contribution >= 0.6 is 0 Å². The molecule has 3 atom stereocenters. The molecule has 0 amide bonds. The number of esters is 3. The van der Waals surface area contributed by atoms with Gasteiger partial charge < -0.3 is 18.9 Å². The Morgan fingerprint density at radius 3 is 1.86 bits per heavy atom. The number of Topliss-reactive ketones (excluding diaryl/α,β-unsaturated/α-hetero) is 1. The minimum absolute atomic E-state index is 0.239. The molecular formula is C34H32O8. The van der Waals surface area contributed by atoms with Crippen LogP contribution in [0.3, 0.4) is 0 Å². The average Bonchev–Trinajstić information content (AvgIpc) is 3.34. The first kappa shape index (κ1) is 30.1. The maximum absolute atomic E-state index is 14.9. The minimum Gasteiger partial charge on any atom is -0.497 e. The second kappa shape index (κ2) is 12.7. The number of ether oxygens (including phenoxy) is 4. The van der Waals surface area contributed by atoms with Gasteiger partial charge in [0.25, 0.3) is 0 Å². The molecule has 1 aliphatic rings. The van der Waals surface area contributed by atoms with Crippen molar-refractivity contribution in [3.63, 3.8) is 0 Å². The molecule has 0 aromatic heterocycles. The first-order valence-corrected chi connectivity index (χ1v) is 13.3. The van der Waals surface area contributed by atoms with Crippen LogP contribution in [0.25, 0.3) is 0 Å². The Hall–Kier alpha value is -4.90. The van der Waals surface area contributed by atoms with E-state index in [-0.39, 0.29) is 12.8 Å². The van der Waals surface area contributed by atoms with Crippen LogP contribution in [-0.4, -0.2) is 52.1 Å². The van der Waals surface area contributed by atoms with Crippen LogP contribution in [0.5, 0.6) is 5.75 Å². The third-order valence-electron chi connectivity index (χ3n) is 7.95. The zero-order valence-electron chi connectivity index (χ0n) is 23.9. The Labute approximate surface area is 244 Å². The first-order valence-electron chi connectivity index (χ1n) is 13.3. The predicted molar refractivity (Wildman–Crippen MR) is 153 cm³/mol. The van der Waals surface area contributed by atoms with E-state index in [0.717, 1.165) is 0 Å². The van der Waals surface area contributed by atoms with Crippen molar-refractivity contribution < 1.29 is 38.1 Å². The van der Waals surface area contributed by atoms with Crippen molar-refractivity contribution in [3.8, 4) is 17.6 Å². The fourth-order valence-corrected chi connectivity index (χ4v) is 6.08. The Morgan fingerprint density at radius 2 is 1.33 bits per heavy atom. The predicted octanol–water partition coefficient (Wildman–Crippen LogP) is 4.62. The maximum Gasteiger partial charge on any atom is 0.323 e. The van der Waals surface area contributed by atoms with Gasteiger partial charge in [-0.05, 0) is 42.2 Å². The lowest BCUT2D eigenvalue weighted by Crippen LogP contribution is -2.48. The zero-order chi connectivity index (χ0) is 30.3. The molecule has 0 radical (unpaired) electrons. The van der Waals surface area contributed by atoms with Crippen molar-refractivity contribution in [3.05, 3.63) is 102 Å². The molecule has 3 unspecified atom stereocenters. The Kier molecular flexibility index (Phi) is 9.12. The van der Waals surface area contributed by atoms with E-state index in [1.807, 2.05) is 0 Å². The van der Waals surface area contributed by atoms with Gasteiger partial charge in [-0.15, -0.1) is 0 Å². The van der Waals surface area contributed by atoms with E-state index >= 15 is 0 Å². The molecule has 3 aromatic carbocycles. The number of benzene rings is 3. The summed E-state index contributed by atoms with van der Waals surface area (Å²) in [4.78, 5) is 55.3. The van der Waals surface area contributed by atoms with E-state index in [9.17, 15) is 19.2 Å². The molecule has 0 spiro atoms. The van der Waals surface area contributed by atoms with Crippen LogP contribution in [0.4, 0.5) is 0 Å². The van der Waals surface area contributed by atoms with E-state index in [1.54, 1.807) is 92.0 Å². The molecule has 0 bridgehead atoms. The molecule has 4 rings (SSSR count). The third kappa shape index (κ3) is 5.26. The summed E-state index contributed by atoms with van der Waals surface area (Å²) in [5.74, 6) is 2.02. The highest BCUT2D eigenvalue weighted by molar-refractivity contribution is 6.09. The lowest BCUT2D eigenvalue weighted by atomic mass is 9.60. The first-order chi connectivity index (χ1) is 20.3. The van der Waals surface area contributed by atoms with E-state index < -0.39 is 46.4 Å². The molecule has 1 fully saturated rings. The summed E-state index contributed by atoms with van der Waals surface area (Å²) in [7, 11) is 5.14. The van der Waals surface area contributed by atoms with Crippen LogP contribution in [0.1, 0.15) is 40.2 Å². The normalized spacial score (nSPS) is 20.4. The standard InChI is InChI=1S/C34H32O8/c1-39-27-17-15-23(16-18-27)19-20-33(30(36)25-13-9-6-10-14-25)26(21-28(35)40-2)22-34(31(37)41-3,32(38)42-4)29(33)24-11-7-5-8-12-24/h5-18,26,29H,21-22H2,1-4H3. The van der Waals surface area contributed by atoms with Crippen molar-refractivity contribution >= 4 is 23.7 Å². The van der Waals surface area contributed by atoms with Gasteiger partial charge >= 0.3 is 17.9 Å². The van der Waals surface area contributed by atoms with Gasteiger partial charge in [-0.2, -0.15) is 0 Å². The highest BCUT2D eigenvalue weighted by Gasteiger charge is 2.72. The fourth-order valence-electron chi connectivity index (χ4n) is 6.08. The zero-order valence-corrected chi connectivity index (χ0v) is 23.9. The van der Waals surface area contributed by atoms with Gasteiger partial charge in [0.05, 0.1) is 34.9 Å². The monoisotopic (exact) mass is 568 g/mol. The van der Waals surface area contributed by atoms with Crippen molar-refractivity contribution in [2.45, 2.75) is 18.8 Å². The van der Waals surface area contributed by atoms with Crippen LogP contribution in [-0.2, 0) is 28.6 Å². The number of ketones is 1. The number of carbonyl (C=O) groups excluding carboxylic acids is 4. The molecule has 0 heterocycles. The molecule has 1 saturated carbocycles. The van der Waals surface area contributed by atoms with Gasteiger partial charge in [-0.1, -0.05) is 72.5 Å². The second-order valence-electron chi connectivity index (χ2n) is 10.0. The van der Waals surface area contributed by atoms with Gasteiger partial charge in [0.1, 0.15) is 11.2 Å².